The molecule has 2 aromatic rings. The van der Waals surface area contributed by atoms with Crippen LogP contribution >= 0.6 is 0 Å². The summed E-state index contributed by atoms with van der Waals surface area (Å²) in [6.07, 6.45) is 0.826. The van der Waals surface area contributed by atoms with Crippen LogP contribution in [0.5, 0.6) is 0 Å². The van der Waals surface area contributed by atoms with Gasteiger partial charge in [-0.3, -0.25) is 4.79 Å². The molecule has 4 nitrogen and oxygen atoms in total. The minimum atomic E-state index is -3.25. The SMILES string of the molecule is O=C(c1cccc(F)c1)N1CCC(S(=O)(=O)Cc2ccccc2)CC1. The molecule has 0 aliphatic carbocycles. The van der Waals surface area contributed by atoms with Gasteiger partial charge in [0.05, 0.1) is 11.0 Å². The number of hydrogen-bond acceptors (Lipinski definition) is 3. The summed E-state index contributed by atoms with van der Waals surface area (Å²) in [6, 6.07) is 14.7. The van der Waals surface area contributed by atoms with Crippen LogP contribution in [0.4, 0.5) is 4.39 Å². The Balaban J connectivity index is 1.62. The molecule has 6 heteroatoms. The van der Waals surface area contributed by atoms with Crippen LogP contribution in [0.25, 0.3) is 0 Å². The number of hydrogen-bond donors (Lipinski definition) is 0. The van der Waals surface area contributed by atoms with E-state index in [9.17, 15) is 17.6 Å². The lowest BCUT2D eigenvalue weighted by Gasteiger charge is -2.31. The van der Waals surface area contributed by atoms with Gasteiger partial charge in [0.1, 0.15) is 5.82 Å². The largest absolute Gasteiger partial charge is 0.339 e. The van der Waals surface area contributed by atoms with E-state index in [0.717, 1.165) is 5.56 Å². The van der Waals surface area contributed by atoms with Gasteiger partial charge in [-0.15, -0.1) is 0 Å². The minimum absolute atomic E-state index is 0.0242. The summed E-state index contributed by atoms with van der Waals surface area (Å²) in [5.74, 6) is -0.680. The Morgan fingerprint density at radius 1 is 1.04 bits per heavy atom. The number of sulfone groups is 1. The summed E-state index contributed by atoms with van der Waals surface area (Å²) in [6.45, 7) is 0.738. The Labute approximate surface area is 147 Å². The molecular formula is C19H20FNO3S. The van der Waals surface area contributed by atoms with Crippen molar-refractivity contribution in [2.75, 3.05) is 13.1 Å². The quantitative estimate of drug-likeness (QED) is 0.841. The fourth-order valence-electron chi connectivity index (χ4n) is 3.15. The molecule has 1 aliphatic heterocycles. The molecule has 25 heavy (non-hydrogen) atoms. The first-order valence-electron chi connectivity index (χ1n) is 8.26. The zero-order valence-corrected chi connectivity index (χ0v) is 14.6. The fraction of sp³-hybridized carbons (Fsp3) is 0.316. The second kappa shape index (κ2) is 7.35. The van der Waals surface area contributed by atoms with Crippen LogP contribution in [-0.4, -0.2) is 37.6 Å². The van der Waals surface area contributed by atoms with Crippen molar-refractivity contribution >= 4 is 15.7 Å². The first kappa shape index (κ1) is 17.6. The summed E-state index contributed by atoms with van der Waals surface area (Å²) in [4.78, 5) is 14.0. The van der Waals surface area contributed by atoms with E-state index in [-0.39, 0.29) is 11.7 Å². The summed E-state index contributed by atoms with van der Waals surface area (Å²) < 4.78 is 38.5. The van der Waals surface area contributed by atoms with Gasteiger partial charge in [-0.1, -0.05) is 36.4 Å². The van der Waals surface area contributed by atoms with E-state index in [4.69, 9.17) is 0 Å². The molecule has 2 aromatic carbocycles. The van der Waals surface area contributed by atoms with Crippen molar-refractivity contribution in [2.45, 2.75) is 23.8 Å². The Kier molecular flexibility index (Phi) is 5.18. The monoisotopic (exact) mass is 361 g/mol. The number of benzene rings is 2. The van der Waals surface area contributed by atoms with Crippen LogP contribution in [-0.2, 0) is 15.6 Å². The van der Waals surface area contributed by atoms with E-state index in [2.05, 4.69) is 0 Å². The molecule has 0 unspecified atom stereocenters. The first-order valence-corrected chi connectivity index (χ1v) is 9.97. The van der Waals surface area contributed by atoms with Crippen LogP contribution in [0.15, 0.2) is 54.6 Å². The predicted molar refractivity (Wildman–Crippen MR) is 94.4 cm³/mol. The molecule has 0 saturated carbocycles. The summed E-state index contributed by atoms with van der Waals surface area (Å²) in [5.41, 5.74) is 1.08. The smallest absolute Gasteiger partial charge is 0.253 e. The number of halogens is 1. The molecule has 1 fully saturated rings. The molecule has 1 heterocycles. The number of piperidine rings is 1. The van der Waals surface area contributed by atoms with Crippen LogP contribution in [0, 0.1) is 5.82 Å². The van der Waals surface area contributed by atoms with Crippen LogP contribution in [0.1, 0.15) is 28.8 Å². The van der Waals surface area contributed by atoms with Gasteiger partial charge in [0.2, 0.25) is 0 Å². The van der Waals surface area contributed by atoms with Crippen molar-refractivity contribution in [2.24, 2.45) is 0 Å². The van der Waals surface area contributed by atoms with Gasteiger partial charge >= 0.3 is 0 Å². The zero-order chi connectivity index (χ0) is 17.9. The number of nitrogens with zero attached hydrogens (tertiary/aromatic N) is 1. The Morgan fingerprint density at radius 2 is 1.72 bits per heavy atom. The fourth-order valence-corrected chi connectivity index (χ4v) is 4.97. The third kappa shape index (κ3) is 4.25. The van der Waals surface area contributed by atoms with Crippen molar-refractivity contribution in [1.29, 1.82) is 0 Å². The standard InChI is InChI=1S/C19H20FNO3S/c20-17-8-4-7-16(13-17)19(22)21-11-9-18(10-12-21)25(23,24)14-15-5-2-1-3-6-15/h1-8,13,18H,9-12,14H2. The van der Waals surface area contributed by atoms with Crippen molar-refractivity contribution in [3.05, 3.63) is 71.5 Å². The van der Waals surface area contributed by atoms with Crippen molar-refractivity contribution in [3.63, 3.8) is 0 Å². The molecule has 0 aromatic heterocycles. The molecule has 1 saturated heterocycles. The Morgan fingerprint density at radius 3 is 2.36 bits per heavy atom. The van der Waals surface area contributed by atoms with Crippen molar-refractivity contribution in [1.82, 2.24) is 4.90 Å². The van der Waals surface area contributed by atoms with Crippen LogP contribution < -0.4 is 0 Å². The van der Waals surface area contributed by atoms with E-state index in [0.29, 0.717) is 31.5 Å². The first-order chi connectivity index (χ1) is 12.0. The van der Waals surface area contributed by atoms with Gasteiger partial charge in [-0.2, -0.15) is 0 Å². The maximum atomic E-state index is 13.3. The van der Waals surface area contributed by atoms with Gasteiger partial charge in [0.15, 0.2) is 9.84 Å². The Bertz CT molecular complexity index is 844. The molecule has 1 amide bonds. The maximum Gasteiger partial charge on any atom is 0.253 e. The maximum absolute atomic E-state index is 13.3. The topological polar surface area (TPSA) is 54.5 Å². The van der Waals surface area contributed by atoms with E-state index >= 15 is 0 Å². The molecule has 0 spiro atoms. The highest BCUT2D eigenvalue weighted by Gasteiger charge is 2.31. The average molecular weight is 361 g/mol. The van der Waals surface area contributed by atoms with Crippen LogP contribution in [0.3, 0.4) is 0 Å². The van der Waals surface area contributed by atoms with E-state index < -0.39 is 20.9 Å². The normalized spacial score (nSPS) is 16.0. The number of likely N-dealkylation sites (tertiary alicyclic amines) is 1. The number of carbonyl (C=O) groups excluding carboxylic acids is 1. The van der Waals surface area contributed by atoms with Crippen molar-refractivity contribution < 1.29 is 17.6 Å². The van der Waals surface area contributed by atoms with E-state index in [1.165, 1.54) is 18.2 Å². The highest BCUT2D eigenvalue weighted by atomic mass is 32.2. The van der Waals surface area contributed by atoms with E-state index in [1.54, 1.807) is 23.1 Å². The number of carbonyl (C=O) groups is 1. The second-order valence-corrected chi connectivity index (χ2v) is 8.58. The summed E-state index contributed by atoms with van der Waals surface area (Å²) >= 11 is 0. The average Bonchev–Trinajstić information content (AvgIpc) is 2.62. The van der Waals surface area contributed by atoms with Gasteiger partial charge in [0.25, 0.3) is 5.91 Å². The summed E-state index contributed by atoms with van der Waals surface area (Å²) in [7, 11) is -3.25. The highest BCUT2D eigenvalue weighted by Crippen LogP contribution is 2.23. The lowest BCUT2D eigenvalue weighted by atomic mass is 10.1. The molecule has 0 atom stereocenters. The zero-order valence-electron chi connectivity index (χ0n) is 13.8. The second-order valence-electron chi connectivity index (χ2n) is 6.29. The molecule has 0 N–H and O–H groups in total. The highest BCUT2D eigenvalue weighted by molar-refractivity contribution is 7.91. The van der Waals surface area contributed by atoms with Gasteiger partial charge in [-0.25, -0.2) is 12.8 Å². The molecule has 0 bridgehead atoms. The molecule has 1 aliphatic rings. The third-order valence-electron chi connectivity index (χ3n) is 4.52. The number of rotatable bonds is 4. The summed E-state index contributed by atoms with van der Waals surface area (Å²) in [5, 5.41) is -0.440. The predicted octanol–water partition coefficient (Wildman–Crippen LogP) is 3.05. The van der Waals surface area contributed by atoms with Gasteiger partial charge in [-0.05, 0) is 36.6 Å². The van der Waals surface area contributed by atoms with Gasteiger partial charge < -0.3 is 4.90 Å². The number of amides is 1. The lowest BCUT2D eigenvalue weighted by molar-refractivity contribution is 0.0725. The molecule has 132 valence electrons. The molecular weight excluding hydrogens is 341 g/mol. The Hall–Kier alpha value is -2.21. The van der Waals surface area contributed by atoms with E-state index in [1.807, 2.05) is 18.2 Å². The van der Waals surface area contributed by atoms with Gasteiger partial charge in [0, 0.05) is 18.7 Å². The molecule has 0 radical (unpaired) electrons. The van der Waals surface area contributed by atoms with Crippen molar-refractivity contribution in [3.8, 4) is 0 Å². The van der Waals surface area contributed by atoms with Crippen LogP contribution in [0.2, 0.25) is 0 Å². The molecule has 3 rings (SSSR count). The third-order valence-corrected chi connectivity index (χ3v) is 6.74. The lowest BCUT2D eigenvalue weighted by Crippen LogP contribution is -2.42. The minimum Gasteiger partial charge on any atom is -0.339 e.